The highest BCUT2D eigenvalue weighted by Gasteiger charge is 2.08. The molecule has 0 aliphatic heterocycles. The number of fused-ring (bicyclic) bond motifs is 1. The van der Waals surface area contributed by atoms with Crippen LogP contribution >= 0.6 is 11.3 Å². The number of carbonyl (C=O) groups is 1. The zero-order chi connectivity index (χ0) is 14.5. The van der Waals surface area contributed by atoms with Crippen LogP contribution in [0.3, 0.4) is 0 Å². The second-order valence-corrected chi connectivity index (χ2v) is 6.00. The molecular formula is C14H20N4OS. The molecule has 0 aliphatic carbocycles. The molecule has 20 heavy (non-hydrogen) atoms. The Morgan fingerprint density at radius 2 is 2.15 bits per heavy atom. The minimum absolute atomic E-state index is 0.0183. The first-order valence-corrected chi connectivity index (χ1v) is 7.68. The molecule has 0 atom stereocenters. The molecule has 0 aromatic carbocycles. The fourth-order valence-electron chi connectivity index (χ4n) is 1.79. The van der Waals surface area contributed by atoms with Gasteiger partial charge in [-0.3, -0.25) is 4.79 Å². The smallest absolute Gasteiger partial charge is 0.222 e. The zero-order valence-corrected chi connectivity index (χ0v) is 12.9. The summed E-state index contributed by atoms with van der Waals surface area (Å²) in [7, 11) is 0. The highest BCUT2D eigenvalue weighted by Crippen LogP contribution is 2.28. The molecule has 0 bridgehead atoms. The van der Waals surface area contributed by atoms with Gasteiger partial charge in [-0.05, 0) is 12.5 Å². The summed E-state index contributed by atoms with van der Waals surface area (Å²) < 4.78 is 0. The standard InChI is InChI=1S/C14H20N4OS/c1-4-10-7-11-12(17-8-18-14(11)20-10)15-5-6-16-13(19)9(2)3/h7-9H,4-6H2,1-3H3,(H,16,19)(H,15,17,18). The summed E-state index contributed by atoms with van der Waals surface area (Å²) in [5.74, 6) is 0.929. The molecule has 0 fully saturated rings. The number of aromatic nitrogens is 2. The lowest BCUT2D eigenvalue weighted by Gasteiger charge is -2.09. The Hall–Kier alpha value is -1.69. The summed E-state index contributed by atoms with van der Waals surface area (Å²) in [6.07, 6.45) is 2.58. The van der Waals surface area contributed by atoms with Crippen LogP contribution in [0.5, 0.6) is 0 Å². The van der Waals surface area contributed by atoms with Crippen molar-refractivity contribution in [2.75, 3.05) is 18.4 Å². The summed E-state index contributed by atoms with van der Waals surface area (Å²) in [5.41, 5.74) is 0. The van der Waals surface area contributed by atoms with Crippen LogP contribution in [0.15, 0.2) is 12.4 Å². The maximum absolute atomic E-state index is 11.4. The average Bonchev–Trinajstić information content (AvgIpc) is 2.86. The normalized spacial score (nSPS) is 11.0. The first-order valence-electron chi connectivity index (χ1n) is 6.86. The van der Waals surface area contributed by atoms with E-state index in [9.17, 15) is 4.79 Å². The van der Waals surface area contributed by atoms with Crippen molar-refractivity contribution < 1.29 is 4.79 Å². The topological polar surface area (TPSA) is 66.9 Å². The molecule has 0 spiro atoms. The number of carbonyl (C=O) groups excluding carboxylic acids is 1. The number of hydrogen-bond acceptors (Lipinski definition) is 5. The number of anilines is 1. The molecule has 2 aromatic rings. The van der Waals surface area contributed by atoms with Crippen LogP contribution in [0.4, 0.5) is 5.82 Å². The molecule has 0 radical (unpaired) electrons. The molecule has 108 valence electrons. The molecule has 0 saturated heterocycles. The van der Waals surface area contributed by atoms with Crippen molar-refractivity contribution in [1.29, 1.82) is 0 Å². The Labute approximate surface area is 122 Å². The van der Waals surface area contributed by atoms with Gasteiger partial charge in [0.2, 0.25) is 5.91 Å². The lowest BCUT2D eigenvalue weighted by Crippen LogP contribution is -2.32. The highest BCUT2D eigenvalue weighted by atomic mass is 32.1. The number of thiophene rings is 1. The Morgan fingerprint density at radius 3 is 2.85 bits per heavy atom. The first-order chi connectivity index (χ1) is 9.61. The Balaban J connectivity index is 1.96. The van der Waals surface area contributed by atoms with Crippen LogP contribution in [0.25, 0.3) is 10.2 Å². The molecule has 2 rings (SSSR count). The molecule has 0 saturated carbocycles. The summed E-state index contributed by atoms with van der Waals surface area (Å²) in [5, 5.41) is 7.19. The molecular weight excluding hydrogens is 272 g/mol. The predicted molar refractivity (Wildman–Crippen MR) is 83.1 cm³/mol. The summed E-state index contributed by atoms with van der Waals surface area (Å²) in [4.78, 5) is 22.3. The van der Waals surface area contributed by atoms with Crippen molar-refractivity contribution in [3.8, 4) is 0 Å². The number of rotatable bonds is 6. The second-order valence-electron chi connectivity index (χ2n) is 4.88. The van der Waals surface area contributed by atoms with Gasteiger partial charge in [0.25, 0.3) is 0 Å². The number of nitrogens with zero attached hydrogens (tertiary/aromatic N) is 2. The van der Waals surface area contributed by atoms with E-state index in [0.717, 1.165) is 22.5 Å². The van der Waals surface area contributed by atoms with E-state index in [1.165, 1.54) is 4.88 Å². The van der Waals surface area contributed by atoms with E-state index < -0.39 is 0 Å². The number of amides is 1. The van der Waals surface area contributed by atoms with E-state index in [0.29, 0.717) is 13.1 Å². The van der Waals surface area contributed by atoms with E-state index in [1.54, 1.807) is 17.7 Å². The van der Waals surface area contributed by atoms with Crippen LogP contribution in [0.1, 0.15) is 25.6 Å². The first kappa shape index (κ1) is 14.7. The van der Waals surface area contributed by atoms with Crippen LogP contribution < -0.4 is 10.6 Å². The van der Waals surface area contributed by atoms with Gasteiger partial charge in [-0.1, -0.05) is 20.8 Å². The lowest BCUT2D eigenvalue weighted by atomic mass is 10.2. The Kier molecular flexibility index (Phi) is 4.89. The molecule has 2 N–H and O–H groups in total. The van der Waals surface area contributed by atoms with Gasteiger partial charge < -0.3 is 10.6 Å². The van der Waals surface area contributed by atoms with Crippen molar-refractivity contribution in [2.45, 2.75) is 27.2 Å². The second kappa shape index (κ2) is 6.65. The number of hydrogen-bond donors (Lipinski definition) is 2. The van der Waals surface area contributed by atoms with Crippen LogP contribution in [-0.2, 0) is 11.2 Å². The number of aryl methyl sites for hydroxylation is 1. The van der Waals surface area contributed by atoms with E-state index in [-0.39, 0.29) is 11.8 Å². The Bertz CT molecular complexity index is 594. The fourth-order valence-corrected chi connectivity index (χ4v) is 2.73. The van der Waals surface area contributed by atoms with Crippen LogP contribution in [0.2, 0.25) is 0 Å². The Morgan fingerprint density at radius 1 is 1.35 bits per heavy atom. The minimum atomic E-state index is 0.0183. The molecule has 5 nitrogen and oxygen atoms in total. The third-order valence-electron chi connectivity index (χ3n) is 2.97. The quantitative estimate of drug-likeness (QED) is 0.803. The van der Waals surface area contributed by atoms with Gasteiger partial charge in [-0.2, -0.15) is 0 Å². The van der Waals surface area contributed by atoms with Gasteiger partial charge >= 0.3 is 0 Å². The summed E-state index contributed by atoms with van der Waals surface area (Å²) >= 11 is 1.70. The van der Waals surface area contributed by atoms with Crippen molar-refractivity contribution in [3.63, 3.8) is 0 Å². The highest BCUT2D eigenvalue weighted by molar-refractivity contribution is 7.18. The van der Waals surface area contributed by atoms with E-state index >= 15 is 0 Å². The van der Waals surface area contributed by atoms with Gasteiger partial charge in [-0.25, -0.2) is 9.97 Å². The third kappa shape index (κ3) is 3.45. The van der Waals surface area contributed by atoms with Gasteiger partial charge in [0.05, 0.1) is 5.39 Å². The lowest BCUT2D eigenvalue weighted by molar-refractivity contribution is -0.123. The summed E-state index contributed by atoms with van der Waals surface area (Å²) in [6.45, 7) is 7.14. The molecule has 6 heteroatoms. The average molecular weight is 292 g/mol. The van der Waals surface area contributed by atoms with Crippen LogP contribution in [0, 0.1) is 5.92 Å². The van der Waals surface area contributed by atoms with Gasteiger partial charge in [0.1, 0.15) is 17.0 Å². The van der Waals surface area contributed by atoms with E-state index in [1.807, 2.05) is 13.8 Å². The van der Waals surface area contributed by atoms with Crippen molar-refractivity contribution in [3.05, 3.63) is 17.3 Å². The molecule has 2 aromatic heterocycles. The minimum Gasteiger partial charge on any atom is -0.368 e. The van der Waals surface area contributed by atoms with Crippen molar-refractivity contribution >= 4 is 33.3 Å². The fraction of sp³-hybridized carbons (Fsp3) is 0.500. The molecule has 0 aliphatic rings. The van der Waals surface area contributed by atoms with Gasteiger partial charge in [-0.15, -0.1) is 11.3 Å². The van der Waals surface area contributed by atoms with Gasteiger partial charge in [0.15, 0.2) is 0 Å². The molecule has 2 heterocycles. The maximum Gasteiger partial charge on any atom is 0.222 e. The van der Waals surface area contributed by atoms with Crippen LogP contribution in [-0.4, -0.2) is 29.0 Å². The SMILES string of the molecule is CCc1cc2c(NCCNC(=O)C(C)C)ncnc2s1. The zero-order valence-electron chi connectivity index (χ0n) is 12.1. The predicted octanol–water partition coefficient (Wildman–Crippen LogP) is 2.44. The van der Waals surface area contributed by atoms with Crippen molar-refractivity contribution in [1.82, 2.24) is 15.3 Å². The molecule has 1 amide bonds. The molecule has 0 unspecified atom stereocenters. The van der Waals surface area contributed by atoms with Crippen molar-refractivity contribution in [2.24, 2.45) is 5.92 Å². The largest absolute Gasteiger partial charge is 0.368 e. The van der Waals surface area contributed by atoms with E-state index in [4.69, 9.17) is 0 Å². The maximum atomic E-state index is 11.4. The van der Waals surface area contributed by atoms with Gasteiger partial charge in [0, 0.05) is 23.9 Å². The monoisotopic (exact) mass is 292 g/mol. The summed E-state index contributed by atoms with van der Waals surface area (Å²) in [6, 6.07) is 2.13. The number of nitrogens with one attached hydrogen (secondary N) is 2. The van der Waals surface area contributed by atoms with E-state index in [2.05, 4.69) is 33.6 Å². The third-order valence-corrected chi connectivity index (χ3v) is 4.16.